The van der Waals surface area contributed by atoms with E-state index in [1.807, 2.05) is 19.9 Å². The first-order chi connectivity index (χ1) is 14.0. The number of anilines is 1. The van der Waals surface area contributed by atoms with Gasteiger partial charge in [0.2, 0.25) is 0 Å². The van der Waals surface area contributed by atoms with E-state index in [1.165, 1.54) is 4.68 Å². The highest BCUT2D eigenvalue weighted by atomic mass is 32.1. The fraction of sp³-hybridized carbons (Fsp3) is 0.450. The molecule has 3 heterocycles. The number of hydrogen-bond acceptors (Lipinski definition) is 7. The number of benzene rings is 1. The van der Waals surface area contributed by atoms with E-state index in [0.29, 0.717) is 12.1 Å². The van der Waals surface area contributed by atoms with Crippen molar-refractivity contribution in [3.05, 3.63) is 46.2 Å². The molecule has 3 aromatic rings. The fourth-order valence-corrected chi connectivity index (χ4v) is 4.21. The Labute approximate surface area is 172 Å². The van der Waals surface area contributed by atoms with E-state index >= 15 is 0 Å². The molecule has 1 atom stereocenters. The van der Waals surface area contributed by atoms with Crippen LogP contribution in [0.25, 0.3) is 11.0 Å². The Morgan fingerprint density at radius 2 is 2.03 bits per heavy atom. The number of carbonyl (C=O) groups is 1. The van der Waals surface area contributed by atoms with E-state index in [2.05, 4.69) is 24.1 Å². The quantitative estimate of drug-likeness (QED) is 0.692. The molecule has 1 fully saturated rings. The van der Waals surface area contributed by atoms with Gasteiger partial charge in [0.25, 0.3) is 11.5 Å². The first-order valence-electron chi connectivity index (χ1n) is 9.90. The van der Waals surface area contributed by atoms with Crippen LogP contribution in [-0.2, 0) is 0 Å². The summed E-state index contributed by atoms with van der Waals surface area (Å²) in [7, 11) is 0. The van der Waals surface area contributed by atoms with Crippen LogP contribution in [0.4, 0.5) is 5.82 Å². The molecule has 0 saturated carbocycles. The number of piperidine rings is 1. The normalized spacial score (nSPS) is 17.1. The Morgan fingerprint density at radius 3 is 2.86 bits per heavy atom. The molecule has 1 saturated heterocycles. The standard InChI is InChI=1S/C20H24N6O2S/c1-13(2)26-19(27)9-8-18(22-26)25-10-4-3-5-15(25)12-21-20(28)14-6-7-16-17(11-14)24-29-23-16/h6-9,11,13,15H,3-5,10,12H2,1-2H3,(H,21,28). The number of carbonyl (C=O) groups excluding carboxylic acids is 1. The van der Waals surface area contributed by atoms with Gasteiger partial charge in [-0.25, -0.2) is 4.68 Å². The third kappa shape index (κ3) is 4.14. The molecule has 1 N–H and O–H groups in total. The van der Waals surface area contributed by atoms with Crippen LogP contribution in [0.15, 0.2) is 35.1 Å². The van der Waals surface area contributed by atoms with Crippen LogP contribution in [0, 0.1) is 0 Å². The molecule has 0 bridgehead atoms. The second-order valence-electron chi connectivity index (χ2n) is 7.59. The molecule has 152 valence electrons. The molecule has 2 aromatic heterocycles. The molecule has 1 aliphatic rings. The maximum atomic E-state index is 12.6. The van der Waals surface area contributed by atoms with Gasteiger partial charge in [0, 0.05) is 30.8 Å². The van der Waals surface area contributed by atoms with Gasteiger partial charge in [-0.05, 0) is 57.4 Å². The molecule has 1 aromatic carbocycles. The summed E-state index contributed by atoms with van der Waals surface area (Å²) in [5, 5.41) is 7.61. The second kappa shape index (κ2) is 8.28. The summed E-state index contributed by atoms with van der Waals surface area (Å²) in [4.78, 5) is 26.9. The molecule has 0 aliphatic carbocycles. The van der Waals surface area contributed by atoms with E-state index < -0.39 is 0 Å². The van der Waals surface area contributed by atoms with Crippen LogP contribution in [-0.4, -0.2) is 43.6 Å². The summed E-state index contributed by atoms with van der Waals surface area (Å²) >= 11 is 1.14. The Balaban J connectivity index is 1.48. The maximum absolute atomic E-state index is 12.6. The molecule has 1 aliphatic heterocycles. The molecular weight excluding hydrogens is 388 g/mol. The summed E-state index contributed by atoms with van der Waals surface area (Å²) in [6.07, 6.45) is 3.15. The summed E-state index contributed by atoms with van der Waals surface area (Å²) < 4.78 is 9.88. The third-order valence-electron chi connectivity index (χ3n) is 5.24. The van der Waals surface area contributed by atoms with Crippen molar-refractivity contribution in [1.82, 2.24) is 23.8 Å². The Kier molecular flexibility index (Phi) is 5.57. The van der Waals surface area contributed by atoms with Crippen molar-refractivity contribution >= 4 is 34.5 Å². The Morgan fingerprint density at radius 1 is 1.21 bits per heavy atom. The van der Waals surface area contributed by atoms with Gasteiger partial charge in [-0.15, -0.1) is 0 Å². The molecule has 0 spiro atoms. The van der Waals surface area contributed by atoms with Gasteiger partial charge < -0.3 is 10.2 Å². The maximum Gasteiger partial charge on any atom is 0.267 e. The highest BCUT2D eigenvalue weighted by Crippen LogP contribution is 2.22. The van der Waals surface area contributed by atoms with E-state index in [9.17, 15) is 9.59 Å². The number of hydrogen-bond donors (Lipinski definition) is 1. The molecule has 9 heteroatoms. The van der Waals surface area contributed by atoms with Crippen LogP contribution in [0.2, 0.25) is 0 Å². The van der Waals surface area contributed by atoms with Gasteiger partial charge in [0.1, 0.15) is 16.9 Å². The van der Waals surface area contributed by atoms with Crippen molar-refractivity contribution in [3.63, 3.8) is 0 Å². The van der Waals surface area contributed by atoms with Gasteiger partial charge in [-0.3, -0.25) is 9.59 Å². The number of rotatable bonds is 5. The molecule has 0 radical (unpaired) electrons. The lowest BCUT2D eigenvalue weighted by Gasteiger charge is -2.37. The van der Waals surface area contributed by atoms with Gasteiger partial charge in [-0.1, -0.05) is 0 Å². The molecule has 29 heavy (non-hydrogen) atoms. The molecule has 1 unspecified atom stereocenters. The van der Waals surface area contributed by atoms with E-state index in [0.717, 1.165) is 54.4 Å². The summed E-state index contributed by atoms with van der Waals surface area (Å²) in [6.45, 7) is 5.27. The van der Waals surface area contributed by atoms with Crippen LogP contribution < -0.4 is 15.8 Å². The number of nitrogens with zero attached hydrogens (tertiary/aromatic N) is 5. The van der Waals surface area contributed by atoms with E-state index in [-0.39, 0.29) is 23.6 Å². The average Bonchev–Trinajstić information content (AvgIpc) is 3.20. The predicted molar refractivity (Wildman–Crippen MR) is 114 cm³/mol. The first kappa shape index (κ1) is 19.5. The van der Waals surface area contributed by atoms with Gasteiger partial charge in [0.15, 0.2) is 0 Å². The smallest absolute Gasteiger partial charge is 0.267 e. The average molecular weight is 413 g/mol. The second-order valence-corrected chi connectivity index (χ2v) is 8.12. The number of nitrogens with one attached hydrogen (secondary N) is 1. The molecule has 8 nitrogen and oxygen atoms in total. The van der Waals surface area contributed by atoms with Gasteiger partial charge >= 0.3 is 0 Å². The molecular formula is C20H24N6O2S. The fourth-order valence-electron chi connectivity index (χ4n) is 3.69. The van der Waals surface area contributed by atoms with Crippen molar-refractivity contribution < 1.29 is 4.79 Å². The summed E-state index contributed by atoms with van der Waals surface area (Å²) in [6, 6.07) is 8.86. The Hall–Kier alpha value is -2.81. The number of aromatic nitrogens is 4. The minimum Gasteiger partial charge on any atom is -0.350 e. The zero-order chi connectivity index (χ0) is 20.4. The van der Waals surface area contributed by atoms with Gasteiger partial charge in [0.05, 0.1) is 17.8 Å². The van der Waals surface area contributed by atoms with Crippen molar-refractivity contribution in [2.24, 2.45) is 0 Å². The SMILES string of the molecule is CC(C)n1nc(N2CCCCC2CNC(=O)c2ccc3nsnc3c2)ccc1=O. The highest BCUT2D eigenvalue weighted by Gasteiger charge is 2.25. The lowest BCUT2D eigenvalue weighted by Crippen LogP contribution is -2.47. The number of fused-ring (bicyclic) bond motifs is 1. The minimum absolute atomic E-state index is 0.000476. The van der Waals surface area contributed by atoms with E-state index in [4.69, 9.17) is 0 Å². The topological polar surface area (TPSA) is 93.0 Å². The van der Waals surface area contributed by atoms with Crippen molar-refractivity contribution in [2.75, 3.05) is 18.0 Å². The minimum atomic E-state index is -0.120. The molecule has 1 amide bonds. The number of amides is 1. The van der Waals surface area contributed by atoms with Crippen LogP contribution >= 0.6 is 11.7 Å². The third-order valence-corrected chi connectivity index (χ3v) is 5.79. The van der Waals surface area contributed by atoms with Crippen molar-refractivity contribution in [3.8, 4) is 0 Å². The van der Waals surface area contributed by atoms with E-state index in [1.54, 1.807) is 24.3 Å². The van der Waals surface area contributed by atoms with Crippen LogP contribution in [0.3, 0.4) is 0 Å². The van der Waals surface area contributed by atoms with Crippen LogP contribution in [0.1, 0.15) is 49.5 Å². The summed E-state index contributed by atoms with van der Waals surface area (Å²) in [5.41, 5.74) is 2.02. The predicted octanol–water partition coefficient (Wildman–Crippen LogP) is 2.62. The lowest BCUT2D eigenvalue weighted by atomic mass is 10.0. The summed E-state index contributed by atoms with van der Waals surface area (Å²) in [5.74, 6) is 0.665. The largest absolute Gasteiger partial charge is 0.350 e. The van der Waals surface area contributed by atoms with Crippen molar-refractivity contribution in [2.45, 2.75) is 45.2 Å². The zero-order valence-electron chi connectivity index (χ0n) is 16.5. The molecule has 4 rings (SSSR count). The highest BCUT2D eigenvalue weighted by molar-refractivity contribution is 7.00. The van der Waals surface area contributed by atoms with Gasteiger partial charge in [-0.2, -0.15) is 13.8 Å². The zero-order valence-corrected chi connectivity index (χ0v) is 17.4. The first-order valence-corrected chi connectivity index (χ1v) is 10.6. The van der Waals surface area contributed by atoms with Crippen molar-refractivity contribution in [1.29, 1.82) is 0 Å². The monoisotopic (exact) mass is 412 g/mol. The Bertz CT molecular complexity index is 1080. The van der Waals surface area contributed by atoms with Crippen LogP contribution in [0.5, 0.6) is 0 Å². The lowest BCUT2D eigenvalue weighted by molar-refractivity contribution is 0.0949.